The topological polar surface area (TPSA) is 42.3 Å². The van der Waals surface area contributed by atoms with Crippen molar-refractivity contribution in [2.24, 2.45) is 7.05 Å². The summed E-state index contributed by atoms with van der Waals surface area (Å²) in [5.41, 5.74) is 2.93. The summed E-state index contributed by atoms with van der Waals surface area (Å²) in [6.45, 7) is 3.32. The average Bonchev–Trinajstić information content (AvgIpc) is 3.32. The number of anilines is 1. The van der Waals surface area contributed by atoms with Gasteiger partial charge in [-0.2, -0.15) is 0 Å². The Morgan fingerprint density at radius 3 is 2.92 bits per heavy atom. The van der Waals surface area contributed by atoms with Gasteiger partial charge in [0.25, 0.3) is 0 Å². The van der Waals surface area contributed by atoms with Crippen LogP contribution in [0.2, 0.25) is 0 Å². The Balaban J connectivity index is 1.43. The van der Waals surface area contributed by atoms with Crippen molar-refractivity contribution in [3.8, 4) is 0 Å². The number of benzene rings is 1. The molecule has 6 heteroatoms. The SMILES string of the molecule is Cn1cncc1C1CC(NCc2c(F)cccc2N2CCCC2)CCO1. The van der Waals surface area contributed by atoms with Crippen molar-refractivity contribution in [3.63, 3.8) is 0 Å². The standard InChI is InChI=1S/C20H27FN4O/c1-24-14-22-13-19(24)20-11-15(7-10-26-20)23-12-16-17(21)5-4-6-18(16)25-8-2-3-9-25/h4-6,13-15,20,23H,2-3,7-12H2,1H3. The lowest BCUT2D eigenvalue weighted by Crippen LogP contribution is -2.36. The zero-order chi connectivity index (χ0) is 17.9. The van der Waals surface area contributed by atoms with Crippen molar-refractivity contribution in [3.05, 3.63) is 47.8 Å². The van der Waals surface area contributed by atoms with Gasteiger partial charge in [-0.1, -0.05) is 6.07 Å². The fraction of sp³-hybridized carbons (Fsp3) is 0.550. The Kier molecular flexibility index (Phi) is 5.22. The van der Waals surface area contributed by atoms with E-state index in [-0.39, 0.29) is 11.9 Å². The van der Waals surface area contributed by atoms with Gasteiger partial charge in [-0.25, -0.2) is 9.37 Å². The maximum atomic E-state index is 14.5. The number of aryl methyl sites for hydroxylation is 1. The van der Waals surface area contributed by atoms with Crippen molar-refractivity contribution in [2.75, 3.05) is 24.6 Å². The number of hydrogen-bond donors (Lipinski definition) is 1. The van der Waals surface area contributed by atoms with Crippen LogP contribution < -0.4 is 10.2 Å². The molecule has 2 unspecified atom stereocenters. The summed E-state index contributed by atoms with van der Waals surface area (Å²) in [6.07, 6.45) is 7.93. The van der Waals surface area contributed by atoms with Crippen molar-refractivity contribution < 1.29 is 9.13 Å². The summed E-state index contributed by atoms with van der Waals surface area (Å²) in [5, 5.41) is 3.58. The van der Waals surface area contributed by atoms with E-state index >= 15 is 0 Å². The molecule has 1 aromatic carbocycles. The molecule has 2 saturated heterocycles. The number of ether oxygens (including phenoxy) is 1. The van der Waals surface area contributed by atoms with Gasteiger partial charge in [-0.05, 0) is 37.8 Å². The van der Waals surface area contributed by atoms with Crippen molar-refractivity contribution in [1.29, 1.82) is 0 Å². The van der Waals surface area contributed by atoms with Gasteiger partial charge in [0.2, 0.25) is 0 Å². The predicted octanol–water partition coefficient (Wildman–Crippen LogP) is 3.17. The largest absolute Gasteiger partial charge is 0.372 e. The van der Waals surface area contributed by atoms with Gasteiger partial charge in [-0.15, -0.1) is 0 Å². The summed E-state index contributed by atoms with van der Waals surface area (Å²) in [7, 11) is 1.99. The van der Waals surface area contributed by atoms with Gasteiger partial charge in [0, 0.05) is 50.6 Å². The molecule has 0 spiro atoms. The molecule has 0 saturated carbocycles. The first-order valence-corrected chi connectivity index (χ1v) is 9.56. The van der Waals surface area contributed by atoms with Crippen LogP contribution in [0.1, 0.15) is 43.0 Å². The average molecular weight is 358 g/mol. The molecule has 3 heterocycles. The number of nitrogens with one attached hydrogen (secondary N) is 1. The number of aromatic nitrogens is 2. The monoisotopic (exact) mass is 358 g/mol. The van der Waals surface area contributed by atoms with E-state index in [9.17, 15) is 4.39 Å². The highest BCUT2D eigenvalue weighted by molar-refractivity contribution is 5.54. The molecule has 0 amide bonds. The highest BCUT2D eigenvalue weighted by atomic mass is 19.1. The fourth-order valence-corrected chi connectivity index (χ4v) is 4.09. The summed E-state index contributed by atoms with van der Waals surface area (Å²) in [5.74, 6) is -0.114. The van der Waals surface area contributed by atoms with Crippen molar-refractivity contribution >= 4 is 5.69 Å². The molecular weight excluding hydrogens is 331 g/mol. The number of nitrogens with zero attached hydrogens (tertiary/aromatic N) is 3. The van der Waals surface area contributed by atoms with Gasteiger partial charge in [-0.3, -0.25) is 0 Å². The maximum absolute atomic E-state index is 14.5. The molecule has 2 aliphatic heterocycles. The molecule has 1 N–H and O–H groups in total. The van der Waals surface area contributed by atoms with E-state index < -0.39 is 0 Å². The molecule has 2 aromatic rings. The van der Waals surface area contributed by atoms with Gasteiger partial charge < -0.3 is 19.5 Å². The summed E-state index contributed by atoms with van der Waals surface area (Å²) in [4.78, 5) is 6.50. The van der Waals surface area contributed by atoms with E-state index in [1.165, 1.54) is 12.8 Å². The number of rotatable bonds is 5. The van der Waals surface area contributed by atoms with Crippen LogP contribution >= 0.6 is 0 Å². The smallest absolute Gasteiger partial charge is 0.129 e. The first-order chi connectivity index (χ1) is 12.7. The van der Waals surface area contributed by atoms with Gasteiger partial charge in [0.1, 0.15) is 11.9 Å². The minimum absolute atomic E-state index is 0.0485. The number of hydrogen-bond acceptors (Lipinski definition) is 4. The summed E-state index contributed by atoms with van der Waals surface area (Å²) < 4.78 is 22.4. The van der Waals surface area contributed by atoms with E-state index in [0.29, 0.717) is 19.2 Å². The molecular formula is C20H27FN4O. The second-order valence-electron chi connectivity index (χ2n) is 7.32. The quantitative estimate of drug-likeness (QED) is 0.892. The van der Waals surface area contributed by atoms with Crippen LogP contribution in [-0.4, -0.2) is 35.3 Å². The molecule has 2 atom stereocenters. The first-order valence-electron chi connectivity index (χ1n) is 9.56. The lowest BCUT2D eigenvalue weighted by molar-refractivity contribution is -0.00407. The van der Waals surface area contributed by atoms with E-state index in [0.717, 1.165) is 42.9 Å². The lowest BCUT2D eigenvalue weighted by Gasteiger charge is -2.31. The van der Waals surface area contributed by atoms with E-state index in [2.05, 4.69) is 15.2 Å². The van der Waals surface area contributed by atoms with Crippen LogP contribution in [0.25, 0.3) is 0 Å². The van der Waals surface area contributed by atoms with Gasteiger partial charge >= 0.3 is 0 Å². The normalized spacial score (nSPS) is 23.5. The third-order valence-corrected chi connectivity index (χ3v) is 5.58. The molecule has 5 nitrogen and oxygen atoms in total. The molecule has 0 bridgehead atoms. The second-order valence-corrected chi connectivity index (χ2v) is 7.32. The minimum Gasteiger partial charge on any atom is -0.372 e. The molecule has 140 valence electrons. The van der Waals surface area contributed by atoms with Crippen LogP contribution in [0, 0.1) is 5.82 Å². The molecule has 0 aliphatic carbocycles. The fourth-order valence-electron chi connectivity index (χ4n) is 4.09. The van der Waals surface area contributed by atoms with Crippen molar-refractivity contribution in [2.45, 2.75) is 44.4 Å². The van der Waals surface area contributed by atoms with Crippen LogP contribution in [0.15, 0.2) is 30.7 Å². The Bertz CT molecular complexity index is 741. The summed E-state index contributed by atoms with van der Waals surface area (Å²) in [6, 6.07) is 5.75. The lowest BCUT2D eigenvalue weighted by atomic mass is 10.0. The van der Waals surface area contributed by atoms with Crippen LogP contribution in [-0.2, 0) is 18.3 Å². The Labute approximate surface area is 154 Å². The molecule has 26 heavy (non-hydrogen) atoms. The Morgan fingerprint density at radius 2 is 2.15 bits per heavy atom. The Morgan fingerprint density at radius 1 is 1.31 bits per heavy atom. The van der Waals surface area contributed by atoms with Crippen LogP contribution in [0.5, 0.6) is 0 Å². The zero-order valence-corrected chi connectivity index (χ0v) is 15.3. The molecule has 2 fully saturated rings. The minimum atomic E-state index is -0.114. The highest BCUT2D eigenvalue weighted by Gasteiger charge is 2.26. The third kappa shape index (κ3) is 3.62. The van der Waals surface area contributed by atoms with Crippen LogP contribution in [0.3, 0.4) is 0 Å². The third-order valence-electron chi connectivity index (χ3n) is 5.58. The van der Waals surface area contributed by atoms with Gasteiger partial charge in [0.05, 0.1) is 18.2 Å². The Hall–Kier alpha value is -1.92. The molecule has 1 aromatic heterocycles. The molecule has 0 radical (unpaired) electrons. The zero-order valence-electron chi connectivity index (χ0n) is 15.3. The van der Waals surface area contributed by atoms with E-state index in [4.69, 9.17) is 4.74 Å². The number of halogens is 1. The predicted molar refractivity (Wildman–Crippen MR) is 99.6 cm³/mol. The van der Waals surface area contributed by atoms with Crippen LogP contribution in [0.4, 0.5) is 10.1 Å². The molecule has 2 aliphatic rings. The second kappa shape index (κ2) is 7.76. The summed E-state index contributed by atoms with van der Waals surface area (Å²) >= 11 is 0. The van der Waals surface area contributed by atoms with E-state index in [1.54, 1.807) is 12.4 Å². The number of imidazole rings is 1. The maximum Gasteiger partial charge on any atom is 0.129 e. The highest BCUT2D eigenvalue weighted by Crippen LogP contribution is 2.30. The first kappa shape index (κ1) is 17.5. The molecule has 4 rings (SSSR count). The van der Waals surface area contributed by atoms with Gasteiger partial charge in [0.15, 0.2) is 0 Å². The van der Waals surface area contributed by atoms with Crippen molar-refractivity contribution in [1.82, 2.24) is 14.9 Å². The van der Waals surface area contributed by atoms with E-state index in [1.807, 2.05) is 29.9 Å².